The summed E-state index contributed by atoms with van der Waals surface area (Å²) in [6.45, 7) is 1.58. The van der Waals surface area contributed by atoms with Gasteiger partial charge in [-0.1, -0.05) is 16.8 Å². The molecule has 2 unspecified atom stereocenters. The van der Waals surface area contributed by atoms with E-state index in [4.69, 9.17) is 21.1 Å². The molecule has 1 saturated heterocycles. The van der Waals surface area contributed by atoms with Crippen LogP contribution in [0.5, 0.6) is 0 Å². The van der Waals surface area contributed by atoms with Gasteiger partial charge in [0, 0.05) is 18.7 Å². The van der Waals surface area contributed by atoms with Crippen LogP contribution < -0.4 is 0 Å². The fourth-order valence-electron chi connectivity index (χ4n) is 4.70. The number of rotatable bonds is 6. The van der Waals surface area contributed by atoms with Crippen molar-refractivity contribution in [3.05, 3.63) is 57.9 Å². The lowest BCUT2D eigenvalue weighted by Gasteiger charge is -2.43. The Morgan fingerprint density at radius 3 is 2.86 bits per heavy atom. The first-order valence-electron chi connectivity index (χ1n) is 11.4. The standard InChI is InChI=1S/C23H22ClN7O4S2/c1-11-26-13-4-3-12(7-17(13)37-11)31-15(5-6-25-31)21-22(34-2)19(20(33)16(9-32)35-21)30-8-14(28-29-30)23-27-18(24)10-36-23/h3-8,10,16,19-22,32-33H,9H2,1-2H3/t16?,19-,20-,21-,22?/m0/s1. The zero-order chi connectivity index (χ0) is 25.7. The molecule has 5 aromatic rings. The summed E-state index contributed by atoms with van der Waals surface area (Å²) in [5.74, 6) is 0. The Morgan fingerprint density at radius 1 is 1.24 bits per heavy atom. The van der Waals surface area contributed by atoms with Gasteiger partial charge >= 0.3 is 0 Å². The van der Waals surface area contributed by atoms with Crippen molar-refractivity contribution in [1.82, 2.24) is 34.7 Å². The van der Waals surface area contributed by atoms with Crippen LogP contribution in [-0.4, -0.2) is 77.0 Å². The quantitative estimate of drug-likeness (QED) is 0.321. The highest BCUT2D eigenvalue weighted by molar-refractivity contribution is 7.18. The molecule has 37 heavy (non-hydrogen) atoms. The molecule has 5 heterocycles. The van der Waals surface area contributed by atoms with Gasteiger partial charge in [-0.2, -0.15) is 5.10 Å². The molecule has 192 valence electrons. The smallest absolute Gasteiger partial charge is 0.147 e. The molecule has 0 saturated carbocycles. The van der Waals surface area contributed by atoms with Crippen molar-refractivity contribution in [2.45, 2.75) is 37.4 Å². The average molecular weight is 560 g/mol. The molecular weight excluding hydrogens is 538 g/mol. The fraction of sp³-hybridized carbons (Fsp3) is 0.348. The number of halogens is 1. The number of aliphatic hydroxyl groups is 2. The van der Waals surface area contributed by atoms with Gasteiger partial charge in [-0.05, 0) is 31.2 Å². The van der Waals surface area contributed by atoms with Crippen LogP contribution in [0, 0.1) is 6.92 Å². The van der Waals surface area contributed by atoms with Crippen LogP contribution in [0.4, 0.5) is 0 Å². The first kappa shape index (κ1) is 24.6. The van der Waals surface area contributed by atoms with Crippen LogP contribution in [0.15, 0.2) is 42.0 Å². The van der Waals surface area contributed by atoms with Crippen LogP contribution in [0.25, 0.3) is 26.6 Å². The number of fused-ring (bicyclic) bond motifs is 1. The fourth-order valence-corrected chi connectivity index (χ4v) is 6.45. The zero-order valence-electron chi connectivity index (χ0n) is 19.7. The van der Waals surface area contributed by atoms with Crippen molar-refractivity contribution in [3.8, 4) is 16.4 Å². The topological polar surface area (TPSA) is 133 Å². The van der Waals surface area contributed by atoms with Crippen LogP contribution in [0.3, 0.4) is 0 Å². The number of thiazole rings is 2. The number of hydrogen-bond donors (Lipinski definition) is 2. The number of ether oxygens (including phenoxy) is 2. The lowest BCUT2D eigenvalue weighted by molar-refractivity contribution is -0.216. The summed E-state index contributed by atoms with van der Waals surface area (Å²) in [6, 6.07) is 7.06. The van der Waals surface area contributed by atoms with Gasteiger partial charge in [0.2, 0.25) is 0 Å². The molecule has 0 radical (unpaired) electrons. The number of nitrogens with zero attached hydrogens (tertiary/aromatic N) is 7. The summed E-state index contributed by atoms with van der Waals surface area (Å²) in [4.78, 5) is 8.78. The van der Waals surface area contributed by atoms with E-state index in [0.29, 0.717) is 21.5 Å². The molecule has 5 atom stereocenters. The molecule has 4 aromatic heterocycles. The van der Waals surface area contributed by atoms with Gasteiger partial charge in [-0.25, -0.2) is 19.3 Å². The van der Waals surface area contributed by atoms with E-state index >= 15 is 0 Å². The van der Waals surface area contributed by atoms with Crippen molar-refractivity contribution >= 4 is 44.5 Å². The van der Waals surface area contributed by atoms with Crippen molar-refractivity contribution in [2.75, 3.05) is 13.7 Å². The van der Waals surface area contributed by atoms with Gasteiger partial charge in [0.25, 0.3) is 0 Å². The van der Waals surface area contributed by atoms with E-state index in [9.17, 15) is 10.2 Å². The highest BCUT2D eigenvalue weighted by Crippen LogP contribution is 2.41. The maximum atomic E-state index is 11.2. The van der Waals surface area contributed by atoms with E-state index in [1.54, 1.807) is 40.9 Å². The minimum atomic E-state index is -1.12. The lowest BCUT2D eigenvalue weighted by atomic mass is 9.91. The van der Waals surface area contributed by atoms with E-state index in [-0.39, 0.29) is 0 Å². The Kier molecular flexibility index (Phi) is 6.52. The van der Waals surface area contributed by atoms with E-state index in [0.717, 1.165) is 20.9 Å². The van der Waals surface area contributed by atoms with Crippen LogP contribution in [0.1, 0.15) is 22.8 Å². The van der Waals surface area contributed by atoms with Crippen LogP contribution in [0.2, 0.25) is 5.15 Å². The molecule has 0 bridgehead atoms. The van der Waals surface area contributed by atoms with Crippen molar-refractivity contribution in [1.29, 1.82) is 0 Å². The largest absolute Gasteiger partial charge is 0.394 e. The van der Waals surface area contributed by atoms with Gasteiger partial charge in [-0.15, -0.1) is 27.8 Å². The van der Waals surface area contributed by atoms with Gasteiger partial charge in [-0.3, -0.25) is 0 Å². The summed E-state index contributed by atoms with van der Waals surface area (Å²) < 4.78 is 16.5. The minimum Gasteiger partial charge on any atom is -0.394 e. The normalized spacial score (nSPS) is 24.2. The number of aromatic nitrogens is 7. The van der Waals surface area contributed by atoms with Gasteiger partial charge in [0.1, 0.15) is 46.3 Å². The van der Waals surface area contributed by atoms with Crippen molar-refractivity contribution in [3.63, 3.8) is 0 Å². The summed E-state index contributed by atoms with van der Waals surface area (Å²) >= 11 is 8.93. The Hall–Kier alpha value is -2.78. The van der Waals surface area contributed by atoms with Gasteiger partial charge in [0.15, 0.2) is 0 Å². The minimum absolute atomic E-state index is 0.371. The maximum absolute atomic E-state index is 11.2. The van der Waals surface area contributed by atoms with E-state index in [1.165, 1.54) is 16.0 Å². The lowest BCUT2D eigenvalue weighted by Crippen LogP contribution is -2.53. The van der Waals surface area contributed by atoms with Crippen LogP contribution >= 0.6 is 34.3 Å². The zero-order valence-corrected chi connectivity index (χ0v) is 22.1. The molecule has 11 nitrogen and oxygen atoms in total. The summed E-state index contributed by atoms with van der Waals surface area (Å²) in [7, 11) is 1.55. The van der Waals surface area contributed by atoms with Gasteiger partial charge < -0.3 is 19.7 Å². The second-order valence-electron chi connectivity index (χ2n) is 8.57. The Morgan fingerprint density at radius 2 is 2.11 bits per heavy atom. The monoisotopic (exact) mass is 559 g/mol. The SMILES string of the molecule is COC1[C@@H](n2cc(-c3nc(Cl)cs3)nn2)[C@@H](O)C(CO)O[C@H]1c1ccnn1-c1ccc2nc(C)sc2c1. The molecule has 1 aromatic carbocycles. The van der Waals surface area contributed by atoms with Gasteiger partial charge in [0.05, 0.1) is 39.4 Å². The summed E-state index contributed by atoms with van der Waals surface area (Å²) in [6.07, 6.45) is -0.00678. The van der Waals surface area contributed by atoms with E-state index in [1.807, 2.05) is 31.2 Å². The number of aryl methyl sites for hydroxylation is 1. The molecule has 14 heteroatoms. The molecule has 0 aliphatic carbocycles. The Balaban J connectivity index is 1.39. The predicted molar refractivity (Wildman–Crippen MR) is 138 cm³/mol. The Labute approximate surface area is 223 Å². The predicted octanol–water partition coefficient (Wildman–Crippen LogP) is 3.21. The average Bonchev–Trinajstić information content (AvgIpc) is 3.69. The third-order valence-corrected chi connectivity index (χ3v) is 8.46. The highest BCUT2D eigenvalue weighted by Gasteiger charge is 2.48. The number of aliphatic hydroxyl groups excluding tert-OH is 2. The Bertz CT molecular complexity index is 1550. The second kappa shape index (κ2) is 9.83. The van der Waals surface area contributed by atoms with E-state index in [2.05, 4.69) is 25.4 Å². The second-order valence-corrected chi connectivity index (χ2v) is 11.1. The molecule has 1 fully saturated rings. The number of hydrogen-bond acceptors (Lipinski definition) is 11. The van der Waals surface area contributed by atoms with E-state index < -0.39 is 37.1 Å². The molecule has 1 aliphatic heterocycles. The summed E-state index contributed by atoms with van der Waals surface area (Å²) in [5.41, 5.74) is 2.98. The van der Waals surface area contributed by atoms with Crippen molar-refractivity contribution in [2.24, 2.45) is 0 Å². The molecule has 2 N–H and O–H groups in total. The van der Waals surface area contributed by atoms with Crippen molar-refractivity contribution < 1.29 is 19.7 Å². The molecule has 0 amide bonds. The number of benzene rings is 1. The molecule has 1 aliphatic rings. The first-order valence-corrected chi connectivity index (χ1v) is 13.5. The maximum Gasteiger partial charge on any atom is 0.147 e. The molecule has 6 rings (SSSR count). The molecule has 0 spiro atoms. The number of methoxy groups -OCH3 is 1. The van der Waals surface area contributed by atoms with Crippen LogP contribution in [-0.2, 0) is 9.47 Å². The third-order valence-electron chi connectivity index (χ3n) is 6.34. The highest BCUT2D eigenvalue weighted by atomic mass is 35.5. The molecular formula is C23H22ClN7O4S2. The summed E-state index contributed by atoms with van der Waals surface area (Å²) in [5, 5.41) is 37.9. The first-order chi connectivity index (χ1) is 18.0. The third kappa shape index (κ3) is 4.36.